The predicted molar refractivity (Wildman–Crippen MR) is 111 cm³/mol. The number of hydrogen-bond donors (Lipinski definition) is 2. The van der Waals surface area contributed by atoms with Gasteiger partial charge in [0.15, 0.2) is 5.65 Å². The Labute approximate surface area is 172 Å². The van der Waals surface area contributed by atoms with Crippen molar-refractivity contribution < 1.29 is 14.3 Å². The number of para-hydroxylation sites is 1. The molecule has 0 atom stereocenters. The maximum absolute atomic E-state index is 12.9. The fraction of sp³-hybridized carbons (Fsp3) is 0.333. The number of aromatic nitrogens is 3. The van der Waals surface area contributed by atoms with Gasteiger partial charge in [-0.05, 0) is 26.0 Å². The van der Waals surface area contributed by atoms with E-state index in [0.717, 1.165) is 11.3 Å². The van der Waals surface area contributed by atoms with E-state index in [4.69, 9.17) is 4.74 Å². The van der Waals surface area contributed by atoms with Crippen LogP contribution in [0, 0.1) is 13.8 Å². The summed E-state index contributed by atoms with van der Waals surface area (Å²) in [6, 6.07) is 8.40. The third-order valence-electron chi connectivity index (χ3n) is 5.27. The highest BCUT2D eigenvalue weighted by molar-refractivity contribution is 6.04. The molecule has 2 amide bonds. The third-order valence-corrected chi connectivity index (χ3v) is 5.27. The topological polar surface area (TPSA) is 109 Å². The molecule has 30 heavy (non-hydrogen) atoms. The summed E-state index contributed by atoms with van der Waals surface area (Å²) in [5.74, 6) is -0.395. The van der Waals surface area contributed by atoms with E-state index < -0.39 is 0 Å². The molecule has 0 radical (unpaired) electrons. The van der Waals surface area contributed by atoms with Crippen molar-refractivity contribution in [3.8, 4) is 0 Å². The molecule has 156 valence electrons. The van der Waals surface area contributed by atoms with Crippen LogP contribution in [-0.2, 0) is 16.0 Å². The molecule has 0 spiro atoms. The van der Waals surface area contributed by atoms with Gasteiger partial charge >= 0.3 is 0 Å². The molecule has 1 aromatic carbocycles. The zero-order chi connectivity index (χ0) is 21.3. The Morgan fingerprint density at radius 1 is 1.20 bits per heavy atom. The highest BCUT2D eigenvalue weighted by atomic mass is 16.5. The molecule has 0 bridgehead atoms. The summed E-state index contributed by atoms with van der Waals surface area (Å²) in [5, 5.41) is 5.54. The van der Waals surface area contributed by atoms with E-state index in [1.165, 1.54) is 6.07 Å². The van der Waals surface area contributed by atoms with Crippen molar-refractivity contribution in [2.24, 2.45) is 0 Å². The largest absolute Gasteiger partial charge is 0.378 e. The van der Waals surface area contributed by atoms with E-state index in [1.807, 2.05) is 13.8 Å². The van der Waals surface area contributed by atoms with Crippen LogP contribution in [-0.4, -0.2) is 57.6 Å². The first-order valence-corrected chi connectivity index (χ1v) is 9.78. The number of hydrogen-bond acceptors (Lipinski definition) is 5. The standard InChI is InChI=1S/C21H23N5O4/c1-13-16(14(2)26-18(22-13)12-20(28)24-26)11-19(27)23-17-6-4-3-5-15(17)21(29)25-7-9-30-10-8-25/h3-6,12H,7-11H2,1-2H3,(H,23,27)(H,24,28). The van der Waals surface area contributed by atoms with Crippen molar-refractivity contribution in [3.63, 3.8) is 0 Å². The van der Waals surface area contributed by atoms with Gasteiger partial charge in [0.2, 0.25) is 5.91 Å². The van der Waals surface area contributed by atoms with E-state index in [-0.39, 0.29) is 23.8 Å². The van der Waals surface area contributed by atoms with Gasteiger partial charge in [-0.15, -0.1) is 0 Å². The molecule has 0 unspecified atom stereocenters. The molecule has 9 nitrogen and oxygen atoms in total. The van der Waals surface area contributed by atoms with E-state index in [2.05, 4.69) is 15.4 Å². The van der Waals surface area contributed by atoms with Crippen LogP contribution in [0.15, 0.2) is 35.1 Å². The predicted octanol–water partition coefficient (Wildman–Crippen LogP) is 1.29. The first-order chi connectivity index (χ1) is 14.4. The lowest BCUT2D eigenvalue weighted by molar-refractivity contribution is -0.115. The summed E-state index contributed by atoms with van der Waals surface area (Å²) in [5.41, 5.74) is 3.33. The molecule has 0 saturated carbocycles. The number of carbonyl (C=O) groups excluding carboxylic acids is 2. The van der Waals surface area contributed by atoms with E-state index in [1.54, 1.807) is 33.7 Å². The molecular weight excluding hydrogens is 386 g/mol. The molecule has 1 aliphatic rings. The molecule has 2 aromatic heterocycles. The molecule has 4 rings (SSSR count). The SMILES string of the molecule is Cc1nc2cc(=O)[nH]n2c(C)c1CC(=O)Nc1ccccc1C(=O)N1CCOCC1. The summed E-state index contributed by atoms with van der Waals surface area (Å²) >= 11 is 0. The van der Waals surface area contributed by atoms with Crippen molar-refractivity contribution in [1.82, 2.24) is 19.5 Å². The monoisotopic (exact) mass is 409 g/mol. The van der Waals surface area contributed by atoms with Crippen molar-refractivity contribution in [1.29, 1.82) is 0 Å². The second kappa shape index (κ2) is 8.11. The van der Waals surface area contributed by atoms with Crippen LogP contribution >= 0.6 is 0 Å². The quantitative estimate of drug-likeness (QED) is 0.675. The summed E-state index contributed by atoms with van der Waals surface area (Å²) < 4.78 is 6.88. The minimum atomic E-state index is -0.265. The summed E-state index contributed by atoms with van der Waals surface area (Å²) in [6.07, 6.45) is 0.0703. The molecule has 2 N–H and O–H groups in total. The average Bonchev–Trinajstić information content (AvgIpc) is 3.12. The van der Waals surface area contributed by atoms with Crippen LogP contribution in [0.25, 0.3) is 5.65 Å². The zero-order valence-electron chi connectivity index (χ0n) is 16.9. The van der Waals surface area contributed by atoms with E-state index in [9.17, 15) is 14.4 Å². The van der Waals surface area contributed by atoms with Gasteiger partial charge in [-0.1, -0.05) is 12.1 Å². The number of aryl methyl sites for hydroxylation is 2. The Bertz CT molecular complexity index is 1170. The minimum Gasteiger partial charge on any atom is -0.378 e. The van der Waals surface area contributed by atoms with Gasteiger partial charge in [0.05, 0.1) is 30.9 Å². The van der Waals surface area contributed by atoms with Crippen molar-refractivity contribution in [3.05, 3.63) is 63.2 Å². The molecule has 3 heterocycles. The van der Waals surface area contributed by atoms with E-state index in [0.29, 0.717) is 48.9 Å². The number of rotatable bonds is 4. The molecule has 3 aromatic rings. The first kappa shape index (κ1) is 19.8. The fourth-order valence-corrected chi connectivity index (χ4v) is 3.68. The van der Waals surface area contributed by atoms with Gasteiger partial charge in [0.1, 0.15) is 0 Å². The lowest BCUT2D eigenvalue weighted by atomic mass is 10.1. The molecular formula is C21H23N5O4. The van der Waals surface area contributed by atoms with Gasteiger partial charge < -0.3 is 15.0 Å². The Hall–Kier alpha value is -3.46. The second-order valence-electron chi connectivity index (χ2n) is 7.25. The number of nitrogens with zero attached hydrogens (tertiary/aromatic N) is 3. The number of anilines is 1. The maximum atomic E-state index is 12.9. The lowest BCUT2D eigenvalue weighted by Crippen LogP contribution is -2.41. The summed E-state index contributed by atoms with van der Waals surface area (Å²) in [4.78, 5) is 43.5. The fourth-order valence-electron chi connectivity index (χ4n) is 3.68. The lowest BCUT2D eigenvalue weighted by Gasteiger charge is -2.27. The Balaban J connectivity index is 1.56. The van der Waals surface area contributed by atoms with Crippen LogP contribution in [0.1, 0.15) is 27.3 Å². The number of carbonyl (C=O) groups is 2. The second-order valence-corrected chi connectivity index (χ2v) is 7.25. The summed E-state index contributed by atoms with van der Waals surface area (Å²) in [6.45, 7) is 5.71. The van der Waals surface area contributed by atoms with Gasteiger partial charge in [0, 0.05) is 36.1 Å². The molecule has 9 heteroatoms. The first-order valence-electron chi connectivity index (χ1n) is 9.78. The van der Waals surface area contributed by atoms with E-state index >= 15 is 0 Å². The number of morpholine rings is 1. The number of aromatic amines is 1. The van der Waals surface area contributed by atoms with Crippen LogP contribution in [0.2, 0.25) is 0 Å². The number of benzene rings is 1. The number of ether oxygens (including phenoxy) is 1. The van der Waals surface area contributed by atoms with Gasteiger partial charge in [0.25, 0.3) is 11.5 Å². The summed E-state index contributed by atoms with van der Waals surface area (Å²) in [7, 11) is 0. The number of fused-ring (bicyclic) bond motifs is 1. The Morgan fingerprint density at radius 3 is 2.70 bits per heavy atom. The third kappa shape index (κ3) is 3.84. The van der Waals surface area contributed by atoms with Crippen LogP contribution < -0.4 is 10.9 Å². The molecule has 1 aliphatic heterocycles. The van der Waals surface area contributed by atoms with Crippen LogP contribution in [0.5, 0.6) is 0 Å². The van der Waals surface area contributed by atoms with Crippen LogP contribution in [0.4, 0.5) is 5.69 Å². The normalized spacial score (nSPS) is 14.1. The molecule has 1 saturated heterocycles. The highest BCUT2D eigenvalue weighted by Crippen LogP contribution is 2.20. The maximum Gasteiger partial charge on any atom is 0.266 e. The molecule has 1 fully saturated rings. The highest BCUT2D eigenvalue weighted by Gasteiger charge is 2.22. The number of amides is 2. The minimum absolute atomic E-state index is 0.0703. The zero-order valence-corrected chi connectivity index (χ0v) is 16.9. The molecule has 0 aliphatic carbocycles. The van der Waals surface area contributed by atoms with Gasteiger partial charge in [-0.3, -0.25) is 19.5 Å². The Morgan fingerprint density at radius 2 is 1.93 bits per heavy atom. The van der Waals surface area contributed by atoms with Gasteiger partial charge in [-0.2, -0.15) is 0 Å². The van der Waals surface area contributed by atoms with Crippen molar-refractivity contribution in [2.45, 2.75) is 20.3 Å². The van der Waals surface area contributed by atoms with Gasteiger partial charge in [-0.25, -0.2) is 9.50 Å². The average molecular weight is 409 g/mol. The van der Waals surface area contributed by atoms with Crippen molar-refractivity contribution >= 4 is 23.1 Å². The van der Waals surface area contributed by atoms with Crippen LogP contribution in [0.3, 0.4) is 0 Å². The Kier molecular flexibility index (Phi) is 5.37. The van der Waals surface area contributed by atoms with Crippen molar-refractivity contribution in [2.75, 3.05) is 31.6 Å². The smallest absolute Gasteiger partial charge is 0.266 e. The number of nitrogens with one attached hydrogen (secondary N) is 2. The number of H-pyrrole nitrogens is 1.